The Labute approximate surface area is 242 Å². The smallest absolute Gasteiger partial charge is 0.333 e. The van der Waals surface area contributed by atoms with E-state index < -0.39 is 12.1 Å². The summed E-state index contributed by atoms with van der Waals surface area (Å²) in [7, 11) is 0. The molecule has 3 unspecified atom stereocenters. The molecular weight excluding hydrogens is 512 g/mol. The Morgan fingerprint density at radius 3 is 2.27 bits per heavy atom. The van der Waals surface area contributed by atoms with Gasteiger partial charge in [-0.1, -0.05) is 104 Å². The third-order valence-corrected chi connectivity index (χ3v) is 7.54. The molecule has 4 aromatic rings. The second-order valence-corrected chi connectivity index (χ2v) is 10.2. The van der Waals surface area contributed by atoms with Crippen LogP contribution in [0.1, 0.15) is 64.8 Å². The van der Waals surface area contributed by atoms with E-state index in [1.54, 1.807) is 6.92 Å². The third-order valence-electron chi connectivity index (χ3n) is 7.54. The van der Waals surface area contributed by atoms with E-state index in [0.717, 1.165) is 27.8 Å². The van der Waals surface area contributed by atoms with Crippen molar-refractivity contribution in [3.8, 4) is 5.75 Å². The van der Waals surface area contributed by atoms with E-state index >= 15 is 0 Å². The average molecular weight is 549 g/mol. The molecule has 1 aliphatic rings. The summed E-state index contributed by atoms with van der Waals surface area (Å²) >= 11 is 0. The predicted molar refractivity (Wildman–Crippen MR) is 162 cm³/mol. The van der Waals surface area contributed by atoms with Gasteiger partial charge in [0.1, 0.15) is 18.5 Å². The molecule has 0 spiro atoms. The highest BCUT2D eigenvalue weighted by Crippen LogP contribution is 2.37. The van der Waals surface area contributed by atoms with Crippen LogP contribution in [0.4, 0.5) is 0 Å². The van der Waals surface area contributed by atoms with Gasteiger partial charge in [0.15, 0.2) is 6.10 Å². The summed E-state index contributed by atoms with van der Waals surface area (Å²) in [5.41, 5.74) is 8.04. The van der Waals surface area contributed by atoms with Crippen LogP contribution in [0, 0.1) is 0 Å². The van der Waals surface area contributed by atoms with Crippen LogP contribution in [0.5, 0.6) is 5.75 Å². The summed E-state index contributed by atoms with van der Waals surface area (Å²) in [5.74, 6) is 0.0421. The monoisotopic (exact) mass is 548 g/mol. The molecule has 210 valence electrons. The second kappa shape index (κ2) is 13.4. The summed E-state index contributed by atoms with van der Waals surface area (Å²) in [4.78, 5) is 11.4. The van der Waals surface area contributed by atoms with Crippen LogP contribution in [0.2, 0.25) is 0 Å². The number of hydrogen-bond donors (Lipinski definition) is 1. The Bertz CT molecular complexity index is 1480. The molecule has 0 aliphatic heterocycles. The molecule has 0 fully saturated rings. The van der Waals surface area contributed by atoms with Crippen molar-refractivity contribution >= 4 is 18.1 Å². The van der Waals surface area contributed by atoms with Gasteiger partial charge in [-0.25, -0.2) is 4.79 Å². The van der Waals surface area contributed by atoms with Gasteiger partial charge in [0.2, 0.25) is 0 Å². The molecule has 41 heavy (non-hydrogen) atoms. The summed E-state index contributed by atoms with van der Waals surface area (Å²) in [6, 6.07) is 33.1. The maximum Gasteiger partial charge on any atom is 0.333 e. The molecule has 5 heteroatoms. The highest BCUT2D eigenvalue weighted by atomic mass is 16.5. The molecule has 0 bridgehead atoms. The molecule has 0 heterocycles. The molecule has 0 amide bonds. The fourth-order valence-electron chi connectivity index (χ4n) is 5.29. The first-order valence-corrected chi connectivity index (χ1v) is 14.2. The van der Waals surface area contributed by atoms with Crippen LogP contribution in [0.3, 0.4) is 0 Å². The normalized spacial score (nSPS) is 15.3. The van der Waals surface area contributed by atoms with E-state index in [1.807, 2.05) is 30.3 Å². The van der Waals surface area contributed by atoms with Gasteiger partial charge in [0.25, 0.3) is 0 Å². The number of hydrogen-bond acceptors (Lipinski definition) is 4. The Morgan fingerprint density at radius 1 is 0.805 bits per heavy atom. The number of carbonyl (C=O) groups is 1. The van der Waals surface area contributed by atoms with Crippen molar-refractivity contribution in [2.45, 2.75) is 38.4 Å². The van der Waals surface area contributed by atoms with Crippen LogP contribution in [-0.2, 0) is 20.7 Å². The van der Waals surface area contributed by atoms with Crippen molar-refractivity contribution < 1.29 is 24.1 Å². The van der Waals surface area contributed by atoms with E-state index in [-0.39, 0.29) is 12.0 Å². The van der Waals surface area contributed by atoms with E-state index in [2.05, 4.69) is 85.8 Å². The Kier molecular flexibility index (Phi) is 9.29. The first-order valence-electron chi connectivity index (χ1n) is 14.2. The number of fused-ring (bicyclic) bond motifs is 2. The van der Waals surface area contributed by atoms with Crippen LogP contribution < -0.4 is 4.74 Å². The number of rotatable bonds is 12. The van der Waals surface area contributed by atoms with Gasteiger partial charge in [-0.2, -0.15) is 0 Å². The van der Waals surface area contributed by atoms with Crippen molar-refractivity contribution in [3.63, 3.8) is 0 Å². The zero-order valence-electron chi connectivity index (χ0n) is 23.5. The lowest BCUT2D eigenvalue weighted by molar-refractivity contribution is -0.149. The Hall–Kier alpha value is -4.19. The van der Waals surface area contributed by atoms with Crippen molar-refractivity contribution in [1.29, 1.82) is 0 Å². The fraction of sp³-hybridized carbons (Fsp3) is 0.250. The van der Waals surface area contributed by atoms with E-state index in [0.29, 0.717) is 32.0 Å². The maximum atomic E-state index is 11.4. The van der Waals surface area contributed by atoms with Gasteiger partial charge in [0.05, 0.1) is 6.61 Å². The lowest BCUT2D eigenvalue weighted by Gasteiger charge is -2.22. The number of ether oxygens (including phenoxy) is 3. The minimum atomic E-state index is -0.955. The predicted octanol–water partition coefficient (Wildman–Crippen LogP) is 7.54. The van der Waals surface area contributed by atoms with Crippen LogP contribution in [0.25, 0.3) is 12.2 Å². The molecule has 0 aromatic heterocycles. The van der Waals surface area contributed by atoms with Gasteiger partial charge in [0, 0.05) is 18.9 Å². The van der Waals surface area contributed by atoms with Crippen LogP contribution in [0.15, 0.2) is 97.1 Å². The summed E-state index contributed by atoms with van der Waals surface area (Å²) in [6.07, 6.45) is 3.62. The highest BCUT2D eigenvalue weighted by Gasteiger charge is 2.23. The molecule has 1 N–H and O–H groups in total. The highest BCUT2D eigenvalue weighted by molar-refractivity contribution is 5.76. The number of carboxylic acid groups (broad SMARTS) is 1. The molecular formula is C36H36O5. The van der Waals surface area contributed by atoms with Crippen molar-refractivity contribution in [3.05, 3.63) is 136 Å². The van der Waals surface area contributed by atoms with Gasteiger partial charge < -0.3 is 19.3 Å². The molecule has 0 radical (unpaired) electrons. The van der Waals surface area contributed by atoms with E-state index in [9.17, 15) is 9.90 Å². The standard InChI is InChI=1S/C36H36O5/c1-3-39-34(36(37)38)23-26-13-18-31(19-14-26)40-21-22-41-35-32-12-8-7-11-28(32)15-16-30-24-29(17-20-33(30)35)25(2)27-9-5-4-6-10-27/h4-20,24-25,34-35H,3,21-23H2,1-2H3,(H,37,38). The average Bonchev–Trinajstić information content (AvgIpc) is 3.16. The summed E-state index contributed by atoms with van der Waals surface area (Å²) in [5, 5.41) is 9.33. The zero-order chi connectivity index (χ0) is 28.6. The summed E-state index contributed by atoms with van der Waals surface area (Å²) < 4.78 is 17.8. The van der Waals surface area contributed by atoms with Gasteiger partial charge in [-0.05, 0) is 58.0 Å². The largest absolute Gasteiger partial charge is 0.491 e. The Balaban J connectivity index is 1.26. The first-order chi connectivity index (χ1) is 20.0. The van der Waals surface area contributed by atoms with E-state index in [4.69, 9.17) is 14.2 Å². The summed E-state index contributed by atoms with van der Waals surface area (Å²) in [6.45, 7) is 5.20. The Morgan fingerprint density at radius 2 is 1.51 bits per heavy atom. The number of benzene rings is 4. The maximum absolute atomic E-state index is 11.4. The molecule has 4 aromatic carbocycles. The molecule has 0 saturated carbocycles. The number of carboxylic acids is 1. The lowest BCUT2D eigenvalue weighted by atomic mass is 9.89. The number of aliphatic carboxylic acids is 1. The van der Waals surface area contributed by atoms with Crippen LogP contribution >= 0.6 is 0 Å². The van der Waals surface area contributed by atoms with Crippen molar-refractivity contribution in [2.24, 2.45) is 0 Å². The van der Waals surface area contributed by atoms with Crippen LogP contribution in [-0.4, -0.2) is 37.0 Å². The minimum Gasteiger partial charge on any atom is -0.491 e. The fourth-order valence-corrected chi connectivity index (χ4v) is 5.29. The quantitative estimate of drug-likeness (QED) is 0.185. The second-order valence-electron chi connectivity index (χ2n) is 10.2. The van der Waals surface area contributed by atoms with Gasteiger partial charge in [-0.3, -0.25) is 0 Å². The van der Waals surface area contributed by atoms with Crippen molar-refractivity contribution in [2.75, 3.05) is 19.8 Å². The van der Waals surface area contributed by atoms with Gasteiger partial charge in [-0.15, -0.1) is 0 Å². The molecule has 3 atom stereocenters. The van der Waals surface area contributed by atoms with E-state index in [1.165, 1.54) is 11.1 Å². The molecule has 1 aliphatic carbocycles. The van der Waals surface area contributed by atoms with Gasteiger partial charge >= 0.3 is 5.97 Å². The first kappa shape index (κ1) is 28.3. The van der Waals surface area contributed by atoms with Crippen molar-refractivity contribution in [1.82, 2.24) is 0 Å². The SMILES string of the molecule is CCOC(Cc1ccc(OCCOC2c3ccccc3C=Cc3cc(C(C)c4ccccc4)ccc32)cc1)C(=O)O. The third kappa shape index (κ3) is 6.94. The molecule has 0 saturated heterocycles. The topological polar surface area (TPSA) is 65.0 Å². The zero-order valence-corrected chi connectivity index (χ0v) is 23.5. The molecule has 5 nitrogen and oxygen atoms in total. The molecule has 5 rings (SSSR count). The minimum absolute atomic E-state index is 0.213. The lowest BCUT2D eigenvalue weighted by Crippen LogP contribution is -2.26.